The van der Waals surface area contributed by atoms with Crippen LogP contribution in [0.4, 0.5) is 0 Å². The zero-order valence-electron chi connectivity index (χ0n) is 10.1. The van der Waals surface area contributed by atoms with Crippen LogP contribution in [0.1, 0.15) is 19.8 Å². The molecule has 5 nitrogen and oxygen atoms in total. The summed E-state index contributed by atoms with van der Waals surface area (Å²) in [7, 11) is 1.62. The van der Waals surface area contributed by atoms with Gasteiger partial charge in [0.15, 0.2) is 0 Å². The predicted molar refractivity (Wildman–Crippen MR) is 61.2 cm³/mol. The van der Waals surface area contributed by atoms with Crippen LogP contribution < -0.4 is 5.32 Å². The fourth-order valence-electron chi connectivity index (χ4n) is 2.05. The van der Waals surface area contributed by atoms with E-state index in [2.05, 4.69) is 12.2 Å². The van der Waals surface area contributed by atoms with Crippen molar-refractivity contribution in [1.29, 1.82) is 0 Å². The first kappa shape index (κ1) is 13.4. The Morgan fingerprint density at radius 2 is 2.44 bits per heavy atom. The van der Waals surface area contributed by atoms with Gasteiger partial charge in [-0.25, -0.2) is 0 Å². The van der Waals surface area contributed by atoms with Crippen molar-refractivity contribution < 1.29 is 14.6 Å². The van der Waals surface area contributed by atoms with Crippen LogP contribution in [0.2, 0.25) is 0 Å². The van der Waals surface area contributed by atoms with Gasteiger partial charge in [0, 0.05) is 39.3 Å². The van der Waals surface area contributed by atoms with E-state index in [1.54, 1.807) is 7.11 Å². The maximum absolute atomic E-state index is 11.9. The molecule has 1 saturated heterocycles. The molecule has 5 heteroatoms. The first-order chi connectivity index (χ1) is 7.69. The van der Waals surface area contributed by atoms with Crippen LogP contribution in [-0.4, -0.2) is 61.4 Å². The van der Waals surface area contributed by atoms with Crippen LogP contribution in [0.3, 0.4) is 0 Å². The summed E-state index contributed by atoms with van der Waals surface area (Å²) in [6.45, 7) is 4.05. The van der Waals surface area contributed by atoms with Gasteiger partial charge in [-0.1, -0.05) is 0 Å². The molecule has 1 amide bonds. The number of aliphatic hydroxyl groups excluding tert-OH is 1. The summed E-state index contributed by atoms with van der Waals surface area (Å²) in [5.41, 5.74) is 0. The number of rotatable bonds is 5. The van der Waals surface area contributed by atoms with Gasteiger partial charge in [0.1, 0.15) is 0 Å². The topological polar surface area (TPSA) is 61.8 Å². The lowest BCUT2D eigenvalue weighted by Gasteiger charge is -2.31. The van der Waals surface area contributed by atoms with Crippen LogP contribution in [0.15, 0.2) is 0 Å². The number of hydrogen-bond donors (Lipinski definition) is 2. The van der Waals surface area contributed by atoms with Crippen LogP contribution in [0, 0.1) is 0 Å². The number of methoxy groups -OCH3 is 1. The molecule has 1 aliphatic heterocycles. The van der Waals surface area contributed by atoms with Crippen LogP contribution in [0.5, 0.6) is 0 Å². The quantitative estimate of drug-likeness (QED) is 0.674. The van der Waals surface area contributed by atoms with Gasteiger partial charge >= 0.3 is 0 Å². The van der Waals surface area contributed by atoms with E-state index in [0.717, 1.165) is 6.54 Å². The highest BCUT2D eigenvalue weighted by Crippen LogP contribution is 2.10. The normalized spacial score (nSPS) is 24.3. The molecule has 0 radical (unpaired) electrons. The van der Waals surface area contributed by atoms with Gasteiger partial charge < -0.3 is 20.1 Å². The number of nitrogens with one attached hydrogen (secondary N) is 1. The van der Waals surface area contributed by atoms with E-state index < -0.39 is 0 Å². The summed E-state index contributed by atoms with van der Waals surface area (Å²) in [6, 6.07) is 0.286. The van der Waals surface area contributed by atoms with Crippen molar-refractivity contribution in [2.45, 2.75) is 31.8 Å². The summed E-state index contributed by atoms with van der Waals surface area (Å²) in [6.07, 6.45) is 1.10. The fourth-order valence-corrected chi connectivity index (χ4v) is 2.05. The molecule has 0 aliphatic carbocycles. The van der Waals surface area contributed by atoms with Gasteiger partial charge in [0.25, 0.3) is 0 Å². The van der Waals surface area contributed by atoms with Crippen molar-refractivity contribution in [3.63, 3.8) is 0 Å². The number of amides is 1. The molecule has 1 rings (SSSR count). The van der Waals surface area contributed by atoms with Crippen molar-refractivity contribution in [1.82, 2.24) is 10.2 Å². The zero-order chi connectivity index (χ0) is 12.0. The molecule has 0 aromatic heterocycles. The molecule has 0 spiro atoms. The first-order valence-corrected chi connectivity index (χ1v) is 5.81. The summed E-state index contributed by atoms with van der Waals surface area (Å²) >= 11 is 0. The highest BCUT2D eigenvalue weighted by molar-refractivity contribution is 5.77. The van der Waals surface area contributed by atoms with Gasteiger partial charge in [0.05, 0.1) is 12.6 Å². The van der Waals surface area contributed by atoms with Gasteiger partial charge in [-0.05, 0) is 13.3 Å². The van der Waals surface area contributed by atoms with Gasteiger partial charge in [-0.15, -0.1) is 0 Å². The molecule has 1 fully saturated rings. The van der Waals surface area contributed by atoms with E-state index in [4.69, 9.17) is 9.84 Å². The third-order valence-corrected chi connectivity index (χ3v) is 2.88. The Morgan fingerprint density at radius 3 is 3.06 bits per heavy atom. The lowest BCUT2D eigenvalue weighted by Crippen LogP contribution is -2.46. The number of aliphatic hydroxyl groups is 1. The SMILES string of the molecule is COC[C@H](CCO)N1CC(C)NCCC1=O. The van der Waals surface area contributed by atoms with Gasteiger partial charge in [0.2, 0.25) is 5.91 Å². The Morgan fingerprint density at radius 1 is 1.69 bits per heavy atom. The van der Waals surface area contributed by atoms with E-state index in [-0.39, 0.29) is 18.6 Å². The van der Waals surface area contributed by atoms with Gasteiger partial charge in [-0.2, -0.15) is 0 Å². The largest absolute Gasteiger partial charge is 0.396 e. The fraction of sp³-hybridized carbons (Fsp3) is 0.909. The van der Waals surface area contributed by atoms with E-state index in [0.29, 0.717) is 32.0 Å². The average Bonchev–Trinajstić information content (AvgIpc) is 2.40. The van der Waals surface area contributed by atoms with Gasteiger partial charge in [-0.3, -0.25) is 4.79 Å². The van der Waals surface area contributed by atoms with Crippen LogP contribution in [0.25, 0.3) is 0 Å². The second-order valence-corrected chi connectivity index (χ2v) is 4.27. The Bertz CT molecular complexity index is 217. The first-order valence-electron chi connectivity index (χ1n) is 5.81. The molecule has 94 valence electrons. The number of hydrogen-bond acceptors (Lipinski definition) is 4. The second-order valence-electron chi connectivity index (χ2n) is 4.27. The minimum Gasteiger partial charge on any atom is -0.396 e. The lowest BCUT2D eigenvalue weighted by atomic mass is 10.1. The minimum absolute atomic E-state index is 0.00940. The number of nitrogens with zero attached hydrogens (tertiary/aromatic N) is 1. The van der Waals surface area contributed by atoms with Crippen LogP contribution >= 0.6 is 0 Å². The maximum atomic E-state index is 11.9. The molecule has 0 aromatic carbocycles. The monoisotopic (exact) mass is 230 g/mol. The standard InChI is InChI=1S/C11H22N2O3/c1-9-7-13(11(15)3-5-12-9)10(4-6-14)8-16-2/h9-10,12,14H,3-8H2,1-2H3/t9?,10-/m0/s1. The average molecular weight is 230 g/mol. The zero-order valence-corrected chi connectivity index (χ0v) is 10.1. The van der Waals surface area contributed by atoms with E-state index in [1.807, 2.05) is 4.90 Å². The maximum Gasteiger partial charge on any atom is 0.224 e. The third kappa shape index (κ3) is 3.73. The molecule has 16 heavy (non-hydrogen) atoms. The van der Waals surface area contributed by atoms with E-state index in [1.165, 1.54) is 0 Å². The Labute approximate surface area is 96.8 Å². The number of carbonyl (C=O) groups excluding carboxylic acids is 1. The smallest absolute Gasteiger partial charge is 0.224 e. The second kappa shape index (κ2) is 6.83. The molecular weight excluding hydrogens is 208 g/mol. The van der Waals surface area contributed by atoms with E-state index in [9.17, 15) is 4.79 Å². The molecule has 2 atom stereocenters. The molecule has 0 bridgehead atoms. The summed E-state index contributed by atoms with van der Waals surface area (Å²) < 4.78 is 5.11. The van der Waals surface area contributed by atoms with Crippen molar-refractivity contribution >= 4 is 5.91 Å². The molecule has 1 unspecified atom stereocenters. The number of carbonyl (C=O) groups is 1. The predicted octanol–water partition coefficient (Wildman–Crippen LogP) is -0.406. The van der Waals surface area contributed by atoms with Crippen LogP contribution in [-0.2, 0) is 9.53 Å². The summed E-state index contributed by atoms with van der Waals surface area (Å²) in [5.74, 6) is 0.146. The minimum atomic E-state index is -0.00940. The molecular formula is C11H22N2O3. The molecule has 1 heterocycles. The van der Waals surface area contributed by atoms with Crippen molar-refractivity contribution in [2.24, 2.45) is 0 Å². The lowest BCUT2D eigenvalue weighted by molar-refractivity contribution is -0.134. The Kier molecular flexibility index (Phi) is 5.73. The summed E-state index contributed by atoms with van der Waals surface area (Å²) in [4.78, 5) is 13.7. The Balaban J connectivity index is 2.65. The molecule has 0 aromatic rings. The molecule has 1 aliphatic rings. The van der Waals surface area contributed by atoms with Crippen molar-refractivity contribution in [3.05, 3.63) is 0 Å². The third-order valence-electron chi connectivity index (χ3n) is 2.88. The highest BCUT2D eigenvalue weighted by Gasteiger charge is 2.26. The molecule has 2 N–H and O–H groups in total. The van der Waals surface area contributed by atoms with E-state index >= 15 is 0 Å². The number of ether oxygens (including phenoxy) is 1. The molecule has 0 saturated carbocycles. The van der Waals surface area contributed by atoms with Crippen molar-refractivity contribution in [2.75, 3.05) is 33.4 Å². The highest BCUT2D eigenvalue weighted by atomic mass is 16.5. The summed E-state index contributed by atoms with van der Waals surface area (Å²) in [5, 5.41) is 12.3. The Hall–Kier alpha value is -0.650. The van der Waals surface area contributed by atoms with Crippen molar-refractivity contribution in [3.8, 4) is 0 Å².